The molecule has 1 aliphatic heterocycles. The van der Waals surface area contributed by atoms with Crippen LogP contribution >= 0.6 is 11.6 Å². The summed E-state index contributed by atoms with van der Waals surface area (Å²) < 4.78 is 5.30. The van der Waals surface area contributed by atoms with E-state index in [1.807, 2.05) is 34.1 Å². The van der Waals surface area contributed by atoms with E-state index in [0.717, 1.165) is 12.1 Å². The smallest absolute Gasteiger partial charge is 0.253 e. The van der Waals surface area contributed by atoms with E-state index in [2.05, 4.69) is 12.2 Å². The van der Waals surface area contributed by atoms with Crippen LogP contribution in [0.3, 0.4) is 0 Å². The Balaban J connectivity index is 1.46. The van der Waals surface area contributed by atoms with E-state index >= 15 is 0 Å². The van der Waals surface area contributed by atoms with Crippen LogP contribution in [0.25, 0.3) is 0 Å². The topological polar surface area (TPSA) is 61.9 Å². The number of hydrogen-bond donors (Lipinski definition) is 1. The Morgan fingerprint density at radius 3 is 2.33 bits per heavy atom. The van der Waals surface area contributed by atoms with Gasteiger partial charge in [-0.1, -0.05) is 30.7 Å². The minimum atomic E-state index is 0.0273. The number of rotatable bonds is 7. The molecule has 2 amide bonds. The Labute approximate surface area is 182 Å². The van der Waals surface area contributed by atoms with Crippen molar-refractivity contribution in [3.05, 3.63) is 58.6 Å². The molecule has 0 bridgehead atoms. The van der Waals surface area contributed by atoms with Crippen LogP contribution in [0.4, 0.5) is 5.69 Å². The molecule has 7 heteroatoms. The SMILES string of the molecule is CCc1ccc(C(=O)N2CCN(C(=O)CCNc3cc(Cl)ccc3OC)CC2)cc1. The number of carbonyl (C=O) groups is 2. The van der Waals surface area contributed by atoms with Crippen LogP contribution in [0.1, 0.15) is 29.3 Å². The minimum Gasteiger partial charge on any atom is -0.495 e. The molecule has 1 fully saturated rings. The predicted molar refractivity (Wildman–Crippen MR) is 119 cm³/mol. The highest BCUT2D eigenvalue weighted by atomic mass is 35.5. The first kappa shape index (κ1) is 22.0. The zero-order valence-corrected chi connectivity index (χ0v) is 18.2. The molecule has 2 aromatic carbocycles. The lowest BCUT2D eigenvalue weighted by Crippen LogP contribution is -2.50. The lowest BCUT2D eigenvalue weighted by molar-refractivity contribution is -0.132. The number of piperazine rings is 1. The number of aryl methyl sites for hydroxylation is 1. The maximum absolute atomic E-state index is 12.7. The van der Waals surface area contributed by atoms with Gasteiger partial charge in [-0.25, -0.2) is 0 Å². The zero-order valence-electron chi connectivity index (χ0n) is 17.5. The number of carbonyl (C=O) groups excluding carboxylic acids is 2. The van der Waals surface area contributed by atoms with E-state index in [9.17, 15) is 9.59 Å². The molecular weight excluding hydrogens is 402 g/mol. The van der Waals surface area contributed by atoms with E-state index in [0.29, 0.717) is 55.5 Å². The van der Waals surface area contributed by atoms with E-state index in [-0.39, 0.29) is 11.8 Å². The summed E-state index contributed by atoms with van der Waals surface area (Å²) >= 11 is 6.03. The van der Waals surface area contributed by atoms with Gasteiger partial charge in [0.2, 0.25) is 5.91 Å². The first-order valence-corrected chi connectivity index (χ1v) is 10.6. The summed E-state index contributed by atoms with van der Waals surface area (Å²) in [5, 5.41) is 3.82. The quantitative estimate of drug-likeness (QED) is 0.729. The van der Waals surface area contributed by atoms with Crippen LogP contribution in [-0.2, 0) is 11.2 Å². The van der Waals surface area contributed by atoms with Gasteiger partial charge in [0.25, 0.3) is 5.91 Å². The number of halogens is 1. The number of nitrogens with one attached hydrogen (secondary N) is 1. The number of methoxy groups -OCH3 is 1. The van der Waals surface area contributed by atoms with Gasteiger partial charge in [0.1, 0.15) is 5.75 Å². The molecule has 1 aliphatic rings. The van der Waals surface area contributed by atoms with Crippen molar-refractivity contribution < 1.29 is 14.3 Å². The number of ether oxygens (including phenoxy) is 1. The molecule has 0 radical (unpaired) electrons. The lowest BCUT2D eigenvalue weighted by atomic mass is 10.1. The molecule has 0 unspecified atom stereocenters. The first-order valence-electron chi connectivity index (χ1n) is 10.2. The summed E-state index contributed by atoms with van der Waals surface area (Å²) in [7, 11) is 1.60. The van der Waals surface area contributed by atoms with E-state index in [1.54, 1.807) is 25.3 Å². The molecule has 160 valence electrons. The van der Waals surface area contributed by atoms with Crippen LogP contribution in [0, 0.1) is 0 Å². The minimum absolute atomic E-state index is 0.0273. The second-order valence-corrected chi connectivity index (χ2v) is 7.68. The van der Waals surface area contributed by atoms with Crippen LogP contribution in [0.5, 0.6) is 5.75 Å². The van der Waals surface area contributed by atoms with Crippen molar-refractivity contribution >= 4 is 29.1 Å². The normalized spacial score (nSPS) is 13.8. The maximum Gasteiger partial charge on any atom is 0.253 e. The molecular formula is C23H28ClN3O3. The summed E-state index contributed by atoms with van der Waals surface area (Å²) in [5.41, 5.74) is 2.68. The van der Waals surface area contributed by atoms with Gasteiger partial charge in [-0.3, -0.25) is 9.59 Å². The molecule has 6 nitrogen and oxygen atoms in total. The van der Waals surface area contributed by atoms with Gasteiger partial charge in [0.15, 0.2) is 0 Å². The Hall–Kier alpha value is -2.73. The van der Waals surface area contributed by atoms with Crippen molar-refractivity contribution in [1.82, 2.24) is 9.80 Å². The van der Waals surface area contributed by atoms with Crippen molar-refractivity contribution in [1.29, 1.82) is 0 Å². The molecule has 0 aromatic heterocycles. The fraction of sp³-hybridized carbons (Fsp3) is 0.391. The van der Waals surface area contributed by atoms with Crippen molar-refractivity contribution in [3.63, 3.8) is 0 Å². The molecule has 1 heterocycles. The maximum atomic E-state index is 12.7. The van der Waals surface area contributed by atoms with Gasteiger partial charge >= 0.3 is 0 Å². The summed E-state index contributed by atoms with van der Waals surface area (Å²) in [4.78, 5) is 28.9. The summed E-state index contributed by atoms with van der Waals surface area (Å²) in [6.45, 7) is 4.79. The molecule has 0 atom stereocenters. The van der Waals surface area contributed by atoms with Gasteiger partial charge in [0.05, 0.1) is 12.8 Å². The zero-order chi connectivity index (χ0) is 21.5. The van der Waals surface area contributed by atoms with Gasteiger partial charge in [-0.05, 0) is 42.3 Å². The highest BCUT2D eigenvalue weighted by Gasteiger charge is 2.24. The molecule has 3 rings (SSSR count). The summed E-state index contributed by atoms with van der Waals surface area (Å²) in [6.07, 6.45) is 1.32. The number of nitrogens with zero attached hydrogens (tertiary/aromatic N) is 2. The van der Waals surface area contributed by atoms with Gasteiger partial charge in [-0.15, -0.1) is 0 Å². The first-order chi connectivity index (χ1) is 14.5. The monoisotopic (exact) mass is 429 g/mol. The molecule has 2 aromatic rings. The molecule has 0 aliphatic carbocycles. The highest BCUT2D eigenvalue weighted by molar-refractivity contribution is 6.30. The molecule has 30 heavy (non-hydrogen) atoms. The second kappa shape index (κ2) is 10.3. The van der Waals surface area contributed by atoms with Crippen LogP contribution < -0.4 is 10.1 Å². The third-order valence-corrected chi connectivity index (χ3v) is 5.58. The number of anilines is 1. The molecule has 1 N–H and O–H groups in total. The Morgan fingerprint density at radius 2 is 1.70 bits per heavy atom. The van der Waals surface area contributed by atoms with Gasteiger partial charge in [0, 0.05) is 49.7 Å². The van der Waals surface area contributed by atoms with Gasteiger partial charge in [-0.2, -0.15) is 0 Å². The van der Waals surface area contributed by atoms with Crippen molar-refractivity contribution in [2.24, 2.45) is 0 Å². The van der Waals surface area contributed by atoms with Crippen LogP contribution in [0.2, 0.25) is 5.02 Å². The Bertz CT molecular complexity index is 878. The van der Waals surface area contributed by atoms with Crippen molar-refractivity contribution in [2.75, 3.05) is 45.2 Å². The van der Waals surface area contributed by atoms with E-state index in [4.69, 9.17) is 16.3 Å². The Kier molecular flexibility index (Phi) is 7.57. The largest absolute Gasteiger partial charge is 0.495 e. The standard InChI is InChI=1S/C23H28ClN3O3/c1-3-17-4-6-18(7-5-17)23(29)27-14-12-26(13-15-27)22(28)10-11-25-20-16-19(24)8-9-21(20)30-2/h4-9,16,25H,3,10-15H2,1-2H3. The van der Waals surface area contributed by atoms with Crippen LogP contribution in [0.15, 0.2) is 42.5 Å². The number of hydrogen-bond acceptors (Lipinski definition) is 4. The van der Waals surface area contributed by atoms with E-state index < -0.39 is 0 Å². The lowest BCUT2D eigenvalue weighted by Gasteiger charge is -2.35. The Morgan fingerprint density at radius 1 is 1.03 bits per heavy atom. The number of amides is 2. The average Bonchev–Trinajstić information content (AvgIpc) is 2.79. The fourth-order valence-electron chi connectivity index (χ4n) is 3.51. The number of benzene rings is 2. The molecule has 0 saturated carbocycles. The highest BCUT2D eigenvalue weighted by Crippen LogP contribution is 2.27. The summed E-state index contributed by atoms with van der Waals surface area (Å²) in [6, 6.07) is 13.1. The summed E-state index contributed by atoms with van der Waals surface area (Å²) in [5.74, 6) is 0.785. The molecule has 1 saturated heterocycles. The van der Waals surface area contributed by atoms with Gasteiger partial charge < -0.3 is 19.9 Å². The van der Waals surface area contributed by atoms with E-state index in [1.165, 1.54) is 5.56 Å². The average molecular weight is 430 g/mol. The second-order valence-electron chi connectivity index (χ2n) is 7.24. The van der Waals surface area contributed by atoms with Crippen molar-refractivity contribution in [2.45, 2.75) is 19.8 Å². The molecule has 0 spiro atoms. The fourth-order valence-corrected chi connectivity index (χ4v) is 3.68. The van der Waals surface area contributed by atoms with Crippen LogP contribution in [-0.4, -0.2) is 61.4 Å². The third kappa shape index (κ3) is 5.45. The third-order valence-electron chi connectivity index (χ3n) is 5.34. The van der Waals surface area contributed by atoms with Crippen molar-refractivity contribution in [3.8, 4) is 5.75 Å². The predicted octanol–water partition coefficient (Wildman–Crippen LogP) is 3.70.